The molecule has 2 aromatic carbocycles. The summed E-state index contributed by atoms with van der Waals surface area (Å²) in [7, 11) is -3.47. The smallest absolute Gasteiger partial charge is 0.265 e. The second kappa shape index (κ2) is 8.01. The van der Waals surface area contributed by atoms with Crippen molar-refractivity contribution in [2.75, 3.05) is 22.4 Å². The average Bonchev–Trinajstić information content (AvgIpc) is 2.98. The van der Waals surface area contributed by atoms with Crippen LogP contribution in [0.1, 0.15) is 50.5 Å². The molecule has 1 atom stereocenters. The van der Waals surface area contributed by atoms with Crippen molar-refractivity contribution in [1.29, 1.82) is 0 Å². The number of benzene rings is 2. The number of ether oxygens (including phenoxy) is 1. The SMILES string of the molecule is CS(=O)(=O)N1CC[C@@H](C(=O)Nc2ccc(C34CC5CC(CC(C5)C3)C4)cc2)Oc2ccccc21. The van der Waals surface area contributed by atoms with Crippen LogP contribution in [-0.4, -0.2) is 33.2 Å². The molecule has 0 unspecified atom stereocenters. The minimum Gasteiger partial charge on any atom is -0.478 e. The first-order valence-corrected chi connectivity index (χ1v) is 14.3. The van der Waals surface area contributed by atoms with E-state index in [2.05, 4.69) is 17.4 Å². The number of anilines is 2. The number of carbonyl (C=O) groups excluding carboxylic acids is 1. The normalized spacial score (nSPS) is 32.0. The van der Waals surface area contributed by atoms with E-state index in [9.17, 15) is 13.2 Å². The zero-order valence-corrected chi connectivity index (χ0v) is 20.4. The Kier molecular flexibility index (Phi) is 5.17. The molecule has 0 aromatic heterocycles. The van der Waals surface area contributed by atoms with Gasteiger partial charge in [-0.05, 0) is 91.5 Å². The predicted molar refractivity (Wildman–Crippen MR) is 133 cm³/mol. The van der Waals surface area contributed by atoms with Crippen LogP contribution in [0.4, 0.5) is 11.4 Å². The Hall–Kier alpha value is -2.54. The second-order valence-electron chi connectivity index (χ2n) is 11.0. The fourth-order valence-electron chi connectivity index (χ4n) is 7.45. The number of hydrogen-bond acceptors (Lipinski definition) is 4. The number of fused-ring (bicyclic) bond motifs is 1. The molecule has 0 radical (unpaired) electrons. The molecule has 1 N–H and O–H groups in total. The van der Waals surface area contributed by atoms with Crippen LogP contribution in [0.5, 0.6) is 5.75 Å². The molecule has 7 rings (SSSR count). The van der Waals surface area contributed by atoms with E-state index >= 15 is 0 Å². The zero-order valence-electron chi connectivity index (χ0n) is 19.6. The Morgan fingerprint density at radius 2 is 1.59 bits per heavy atom. The molecular formula is C27H32N2O4S. The summed E-state index contributed by atoms with van der Waals surface area (Å²) in [5, 5.41) is 2.99. The van der Waals surface area contributed by atoms with Crippen LogP contribution < -0.4 is 14.4 Å². The molecule has 5 aliphatic rings. The summed E-state index contributed by atoms with van der Waals surface area (Å²) in [6.07, 6.45) is 8.91. The van der Waals surface area contributed by atoms with Gasteiger partial charge in [0.15, 0.2) is 6.10 Å². The first-order chi connectivity index (χ1) is 16.3. The van der Waals surface area contributed by atoms with Gasteiger partial charge in [0.25, 0.3) is 5.91 Å². The number of rotatable bonds is 4. The maximum Gasteiger partial charge on any atom is 0.265 e. The molecule has 1 heterocycles. The Morgan fingerprint density at radius 1 is 0.971 bits per heavy atom. The van der Waals surface area contributed by atoms with Gasteiger partial charge in [-0.15, -0.1) is 0 Å². The quantitative estimate of drug-likeness (QED) is 0.688. The summed E-state index contributed by atoms with van der Waals surface area (Å²) in [6.45, 7) is 0.193. The van der Waals surface area contributed by atoms with E-state index in [0.29, 0.717) is 16.9 Å². The number of nitrogens with one attached hydrogen (secondary N) is 1. The maximum atomic E-state index is 13.1. The number of nitrogens with zero attached hydrogens (tertiary/aromatic N) is 1. The molecule has 4 fully saturated rings. The Morgan fingerprint density at radius 3 is 2.21 bits per heavy atom. The van der Waals surface area contributed by atoms with Crippen LogP contribution in [0.3, 0.4) is 0 Å². The molecule has 180 valence electrons. The third-order valence-corrected chi connectivity index (χ3v) is 9.67. The molecule has 4 aliphatic carbocycles. The van der Waals surface area contributed by atoms with Gasteiger partial charge < -0.3 is 10.1 Å². The van der Waals surface area contributed by atoms with Crippen molar-refractivity contribution in [2.45, 2.75) is 56.5 Å². The van der Waals surface area contributed by atoms with Crippen LogP contribution in [0.15, 0.2) is 48.5 Å². The molecule has 4 saturated carbocycles. The van der Waals surface area contributed by atoms with E-state index in [1.807, 2.05) is 12.1 Å². The Balaban J connectivity index is 1.17. The van der Waals surface area contributed by atoms with Crippen molar-refractivity contribution < 1.29 is 17.9 Å². The lowest BCUT2D eigenvalue weighted by Crippen LogP contribution is -2.48. The number of sulfonamides is 1. The lowest BCUT2D eigenvalue weighted by atomic mass is 9.48. The molecule has 1 amide bonds. The number of amides is 1. The zero-order chi connectivity index (χ0) is 23.5. The van der Waals surface area contributed by atoms with E-state index < -0.39 is 16.1 Å². The molecule has 2 aromatic rings. The fourth-order valence-corrected chi connectivity index (χ4v) is 8.40. The lowest BCUT2D eigenvalue weighted by Gasteiger charge is -2.57. The third kappa shape index (κ3) is 3.88. The highest BCUT2D eigenvalue weighted by molar-refractivity contribution is 7.92. The monoisotopic (exact) mass is 480 g/mol. The van der Waals surface area contributed by atoms with Crippen LogP contribution >= 0.6 is 0 Å². The summed E-state index contributed by atoms with van der Waals surface area (Å²) in [4.78, 5) is 13.1. The Labute approximate surface area is 201 Å². The largest absolute Gasteiger partial charge is 0.478 e. The van der Waals surface area contributed by atoms with Crippen molar-refractivity contribution >= 4 is 27.3 Å². The van der Waals surface area contributed by atoms with Crippen molar-refractivity contribution in [3.05, 3.63) is 54.1 Å². The summed E-state index contributed by atoms with van der Waals surface area (Å²) >= 11 is 0. The van der Waals surface area contributed by atoms with E-state index in [4.69, 9.17) is 4.74 Å². The third-order valence-electron chi connectivity index (χ3n) is 8.49. The van der Waals surface area contributed by atoms with Gasteiger partial charge in [0.1, 0.15) is 5.75 Å². The van der Waals surface area contributed by atoms with E-state index in [-0.39, 0.29) is 18.9 Å². The molecule has 0 spiro atoms. The maximum absolute atomic E-state index is 13.1. The van der Waals surface area contributed by atoms with Gasteiger partial charge in [-0.3, -0.25) is 9.10 Å². The second-order valence-corrected chi connectivity index (χ2v) is 12.9. The van der Waals surface area contributed by atoms with Crippen molar-refractivity contribution in [3.8, 4) is 5.75 Å². The standard InChI is InChI=1S/C27H32N2O4S/c1-34(31,32)29-11-10-25(33-24-5-3-2-4-23(24)29)26(30)28-22-8-6-21(7-9-22)27-15-18-12-19(16-27)14-20(13-18)17-27/h2-9,18-20,25H,10-17H2,1H3,(H,28,30)/t18?,19?,20?,25-,27?/m0/s1. The molecule has 0 saturated heterocycles. The molecule has 6 nitrogen and oxygen atoms in total. The highest BCUT2D eigenvalue weighted by Crippen LogP contribution is 2.60. The highest BCUT2D eigenvalue weighted by atomic mass is 32.2. The highest BCUT2D eigenvalue weighted by Gasteiger charge is 2.51. The van der Waals surface area contributed by atoms with Crippen molar-refractivity contribution in [3.63, 3.8) is 0 Å². The van der Waals surface area contributed by atoms with Crippen LogP contribution in [0.2, 0.25) is 0 Å². The molecular weight excluding hydrogens is 448 g/mol. The van der Waals surface area contributed by atoms with Gasteiger partial charge in [0.2, 0.25) is 10.0 Å². The average molecular weight is 481 g/mol. The van der Waals surface area contributed by atoms with Gasteiger partial charge in [0.05, 0.1) is 11.9 Å². The van der Waals surface area contributed by atoms with Crippen LogP contribution in [0.25, 0.3) is 0 Å². The number of carbonyl (C=O) groups is 1. The fraction of sp³-hybridized carbons (Fsp3) is 0.519. The first-order valence-electron chi connectivity index (χ1n) is 12.4. The van der Waals surface area contributed by atoms with Gasteiger partial charge in [0, 0.05) is 18.7 Å². The van der Waals surface area contributed by atoms with Crippen LogP contribution in [0, 0.1) is 17.8 Å². The van der Waals surface area contributed by atoms with E-state index in [0.717, 1.165) is 23.4 Å². The van der Waals surface area contributed by atoms with Crippen molar-refractivity contribution in [2.24, 2.45) is 17.8 Å². The molecule has 4 bridgehead atoms. The summed E-state index contributed by atoms with van der Waals surface area (Å²) < 4.78 is 31.9. The van der Waals surface area contributed by atoms with Crippen LogP contribution in [-0.2, 0) is 20.2 Å². The molecule has 1 aliphatic heterocycles. The van der Waals surface area contributed by atoms with Gasteiger partial charge in [-0.25, -0.2) is 8.42 Å². The predicted octanol–water partition coefficient (Wildman–Crippen LogP) is 4.71. The van der Waals surface area contributed by atoms with Gasteiger partial charge >= 0.3 is 0 Å². The molecule has 34 heavy (non-hydrogen) atoms. The minimum atomic E-state index is -3.47. The minimum absolute atomic E-state index is 0.193. The number of para-hydroxylation sites is 2. The first kappa shape index (κ1) is 22.0. The molecule has 7 heteroatoms. The summed E-state index contributed by atoms with van der Waals surface area (Å²) in [6, 6.07) is 15.4. The Bertz CT molecular complexity index is 1170. The summed E-state index contributed by atoms with van der Waals surface area (Å²) in [5.41, 5.74) is 2.98. The van der Waals surface area contributed by atoms with E-state index in [1.54, 1.807) is 24.3 Å². The van der Waals surface area contributed by atoms with E-state index in [1.165, 1.54) is 54.6 Å². The number of hydrogen-bond donors (Lipinski definition) is 1. The van der Waals surface area contributed by atoms with Gasteiger partial charge in [-0.1, -0.05) is 24.3 Å². The summed E-state index contributed by atoms with van der Waals surface area (Å²) in [5.74, 6) is 2.84. The van der Waals surface area contributed by atoms with Crippen molar-refractivity contribution in [1.82, 2.24) is 0 Å². The lowest BCUT2D eigenvalue weighted by molar-refractivity contribution is -0.122. The topological polar surface area (TPSA) is 75.7 Å². The van der Waals surface area contributed by atoms with Gasteiger partial charge in [-0.2, -0.15) is 0 Å².